The summed E-state index contributed by atoms with van der Waals surface area (Å²) in [7, 11) is 1.79. The summed E-state index contributed by atoms with van der Waals surface area (Å²) in [5.41, 5.74) is 4.87. The quantitative estimate of drug-likeness (QED) is 0.729. The van der Waals surface area contributed by atoms with Crippen LogP contribution in [0.1, 0.15) is 18.4 Å². The summed E-state index contributed by atoms with van der Waals surface area (Å²) in [4.78, 5) is 26.2. The number of carbonyl (C=O) groups excluding carboxylic acids is 2. The zero-order valence-electron chi connectivity index (χ0n) is 18.3. The topological polar surface area (TPSA) is 94.5 Å². The number of anilines is 2. The Labute approximate surface area is 188 Å². The van der Waals surface area contributed by atoms with Gasteiger partial charge < -0.3 is 20.3 Å². The molecule has 2 aliphatic heterocycles. The number of fused-ring (bicyclic) bond motifs is 1. The van der Waals surface area contributed by atoms with Crippen LogP contribution in [0.15, 0.2) is 42.5 Å². The van der Waals surface area contributed by atoms with Crippen molar-refractivity contribution < 1.29 is 14.3 Å². The zero-order chi connectivity index (χ0) is 22.5. The van der Waals surface area contributed by atoms with E-state index in [-0.39, 0.29) is 24.0 Å². The van der Waals surface area contributed by atoms with Gasteiger partial charge in [-0.3, -0.25) is 9.59 Å². The molecular formula is C25H28N4O3. The third kappa shape index (κ3) is 4.98. The van der Waals surface area contributed by atoms with E-state index in [0.29, 0.717) is 26.1 Å². The minimum Gasteiger partial charge on any atom is -0.374 e. The molecule has 2 heterocycles. The Hall–Kier alpha value is -3.21. The van der Waals surface area contributed by atoms with Crippen LogP contribution in [0.2, 0.25) is 0 Å². The van der Waals surface area contributed by atoms with Crippen molar-refractivity contribution in [2.75, 3.05) is 43.5 Å². The van der Waals surface area contributed by atoms with Crippen LogP contribution in [-0.4, -0.2) is 51.1 Å². The van der Waals surface area contributed by atoms with Gasteiger partial charge in [0.15, 0.2) is 5.78 Å². The van der Waals surface area contributed by atoms with Crippen LogP contribution in [0.5, 0.6) is 0 Å². The van der Waals surface area contributed by atoms with Gasteiger partial charge in [0.1, 0.15) is 6.10 Å². The number of benzene rings is 2. The number of ether oxygens (including phenoxy) is 1. The molecule has 0 bridgehead atoms. The highest BCUT2D eigenvalue weighted by Crippen LogP contribution is 2.33. The number of amides is 1. The van der Waals surface area contributed by atoms with Gasteiger partial charge >= 0.3 is 0 Å². The van der Waals surface area contributed by atoms with E-state index in [1.54, 1.807) is 11.9 Å². The summed E-state index contributed by atoms with van der Waals surface area (Å²) in [6.45, 7) is 2.25. The Morgan fingerprint density at radius 3 is 2.81 bits per heavy atom. The summed E-state index contributed by atoms with van der Waals surface area (Å²) in [5, 5.41) is 15.9. The molecule has 7 heteroatoms. The van der Waals surface area contributed by atoms with Crippen molar-refractivity contribution in [3.05, 3.63) is 48.0 Å². The Bertz CT molecular complexity index is 1020. The highest BCUT2D eigenvalue weighted by molar-refractivity contribution is 6.03. The summed E-state index contributed by atoms with van der Waals surface area (Å²) in [5.74, 6) is -0.356. The van der Waals surface area contributed by atoms with Crippen LogP contribution in [0.25, 0.3) is 11.1 Å². The number of nitriles is 1. The molecule has 32 heavy (non-hydrogen) atoms. The normalized spacial score (nSPS) is 19.3. The predicted octanol–water partition coefficient (Wildman–Crippen LogP) is 2.76. The lowest BCUT2D eigenvalue weighted by Crippen LogP contribution is -2.36. The Kier molecular flexibility index (Phi) is 6.84. The van der Waals surface area contributed by atoms with Gasteiger partial charge in [-0.15, -0.1) is 0 Å². The molecule has 1 saturated heterocycles. The lowest BCUT2D eigenvalue weighted by atomic mass is 9.93. The van der Waals surface area contributed by atoms with Gasteiger partial charge in [0.25, 0.3) is 0 Å². The summed E-state index contributed by atoms with van der Waals surface area (Å²) in [6, 6.07) is 16.3. The van der Waals surface area contributed by atoms with E-state index in [1.165, 1.54) is 0 Å². The summed E-state index contributed by atoms with van der Waals surface area (Å²) >= 11 is 0. The van der Waals surface area contributed by atoms with E-state index < -0.39 is 6.10 Å². The Morgan fingerprint density at radius 1 is 1.25 bits per heavy atom. The number of likely N-dealkylation sites (N-methyl/N-ethyl adjacent to an activating group) is 1. The number of hydrogen-bond acceptors (Lipinski definition) is 6. The number of Topliss-reactive ketones (excluding diaryl/α,β-unsaturated/α-hetero) is 1. The molecule has 0 unspecified atom stereocenters. The van der Waals surface area contributed by atoms with Crippen LogP contribution < -0.4 is 15.5 Å². The molecule has 1 amide bonds. The van der Waals surface area contributed by atoms with Gasteiger partial charge in [0, 0.05) is 26.6 Å². The second-order valence-corrected chi connectivity index (χ2v) is 8.35. The highest BCUT2D eigenvalue weighted by Gasteiger charge is 2.24. The molecule has 4 rings (SSSR count). The SMILES string of the molecule is CN1C(=O)CNc2ccc(-c3ccc(C[C@@H](C#N)CC(=O)[C@@H]4CNCCCO4)cc3)cc21. The minimum atomic E-state index is -0.459. The molecule has 2 aromatic rings. The lowest BCUT2D eigenvalue weighted by Gasteiger charge is -2.27. The molecule has 0 aliphatic carbocycles. The molecule has 7 nitrogen and oxygen atoms in total. The summed E-state index contributed by atoms with van der Waals surface area (Å²) in [6.07, 6.45) is 1.15. The second-order valence-electron chi connectivity index (χ2n) is 8.35. The first kappa shape index (κ1) is 22.0. The number of rotatable bonds is 6. The van der Waals surface area contributed by atoms with E-state index >= 15 is 0 Å². The average Bonchev–Trinajstić information content (AvgIpc) is 3.11. The van der Waals surface area contributed by atoms with Gasteiger partial charge in [-0.25, -0.2) is 0 Å². The first-order chi connectivity index (χ1) is 15.5. The smallest absolute Gasteiger partial charge is 0.246 e. The van der Waals surface area contributed by atoms with E-state index in [0.717, 1.165) is 41.0 Å². The van der Waals surface area contributed by atoms with Gasteiger partial charge in [0.05, 0.1) is 29.9 Å². The molecule has 0 aromatic heterocycles. The number of carbonyl (C=O) groups is 2. The highest BCUT2D eigenvalue weighted by atomic mass is 16.5. The monoisotopic (exact) mass is 432 g/mol. The third-order valence-electron chi connectivity index (χ3n) is 6.07. The van der Waals surface area contributed by atoms with Crippen molar-refractivity contribution in [1.29, 1.82) is 5.26 Å². The van der Waals surface area contributed by atoms with Crippen LogP contribution in [0, 0.1) is 17.2 Å². The van der Waals surface area contributed by atoms with Crippen LogP contribution in [0.4, 0.5) is 11.4 Å². The van der Waals surface area contributed by atoms with Gasteiger partial charge in [-0.05, 0) is 48.2 Å². The molecule has 2 atom stereocenters. The largest absolute Gasteiger partial charge is 0.374 e. The Balaban J connectivity index is 1.41. The van der Waals surface area contributed by atoms with Crippen LogP contribution in [-0.2, 0) is 20.7 Å². The number of ketones is 1. The summed E-state index contributed by atoms with van der Waals surface area (Å²) < 4.78 is 5.63. The molecule has 1 fully saturated rings. The fourth-order valence-corrected chi connectivity index (χ4v) is 4.14. The van der Waals surface area contributed by atoms with Crippen molar-refractivity contribution in [1.82, 2.24) is 5.32 Å². The number of nitrogens with one attached hydrogen (secondary N) is 2. The molecule has 0 saturated carbocycles. The number of nitrogens with zero attached hydrogens (tertiary/aromatic N) is 2. The third-order valence-corrected chi connectivity index (χ3v) is 6.07. The van der Waals surface area contributed by atoms with Gasteiger partial charge in [-0.1, -0.05) is 30.3 Å². The molecule has 166 valence electrons. The van der Waals surface area contributed by atoms with Crippen LogP contribution in [0.3, 0.4) is 0 Å². The van der Waals surface area contributed by atoms with Crippen molar-refractivity contribution in [3.8, 4) is 17.2 Å². The van der Waals surface area contributed by atoms with E-state index in [4.69, 9.17) is 4.74 Å². The standard InChI is InChI=1S/C25H28N4O3/c1-29-22-13-20(7-8-21(22)28-16-25(29)31)19-5-3-17(4-6-19)11-18(14-26)12-23(30)24-15-27-9-2-10-32-24/h3-8,13,18,24,27-28H,2,9-12,15-16H2,1H3/t18-,24+/m1/s1. The minimum absolute atomic E-state index is 0.0103. The molecule has 0 spiro atoms. The first-order valence-corrected chi connectivity index (χ1v) is 11.0. The number of hydrogen-bond donors (Lipinski definition) is 2. The van der Waals surface area contributed by atoms with Gasteiger partial charge in [-0.2, -0.15) is 5.26 Å². The maximum atomic E-state index is 12.6. The van der Waals surface area contributed by atoms with Crippen molar-refractivity contribution >= 4 is 23.1 Å². The van der Waals surface area contributed by atoms with E-state index in [2.05, 4.69) is 16.7 Å². The second kappa shape index (κ2) is 9.94. The Morgan fingerprint density at radius 2 is 2.03 bits per heavy atom. The van der Waals surface area contributed by atoms with Crippen molar-refractivity contribution in [2.45, 2.75) is 25.4 Å². The molecule has 2 aliphatic rings. The lowest BCUT2D eigenvalue weighted by molar-refractivity contribution is -0.130. The maximum Gasteiger partial charge on any atom is 0.246 e. The molecule has 0 radical (unpaired) electrons. The van der Waals surface area contributed by atoms with E-state index in [9.17, 15) is 14.9 Å². The molecular weight excluding hydrogens is 404 g/mol. The van der Waals surface area contributed by atoms with Crippen LogP contribution >= 0.6 is 0 Å². The maximum absolute atomic E-state index is 12.6. The van der Waals surface area contributed by atoms with Crippen molar-refractivity contribution in [3.63, 3.8) is 0 Å². The van der Waals surface area contributed by atoms with Gasteiger partial charge in [0.2, 0.25) is 5.91 Å². The predicted molar refractivity (Wildman–Crippen MR) is 123 cm³/mol. The zero-order valence-corrected chi connectivity index (χ0v) is 18.3. The van der Waals surface area contributed by atoms with E-state index in [1.807, 2.05) is 42.5 Å². The fraction of sp³-hybridized carbons (Fsp3) is 0.400. The first-order valence-electron chi connectivity index (χ1n) is 11.0. The average molecular weight is 433 g/mol. The fourth-order valence-electron chi connectivity index (χ4n) is 4.14. The molecule has 2 N–H and O–H groups in total. The molecule has 2 aromatic carbocycles. The van der Waals surface area contributed by atoms with Crippen molar-refractivity contribution in [2.24, 2.45) is 5.92 Å².